The first-order chi connectivity index (χ1) is 12.3. The van der Waals surface area contributed by atoms with Crippen molar-refractivity contribution < 1.29 is 4.74 Å². The molecule has 1 saturated heterocycles. The van der Waals surface area contributed by atoms with Crippen molar-refractivity contribution in [2.24, 2.45) is 4.99 Å². The summed E-state index contributed by atoms with van der Waals surface area (Å²) in [5.74, 6) is 0.903. The third-order valence-electron chi connectivity index (χ3n) is 5.02. The number of guanidine groups is 1. The summed E-state index contributed by atoms with van der Waals surface area (Å²) in [6.07, 6.45) is 5.44. The lowest BCUT2D eigenvalue weighted by atomic mass is 10.1. The molecule has 136 valence electrons. The van der Waals surface area contributed by atoms with Gasteiger partial charge >= 0.3 is 0 Å². The number of nitrogens with one attached hydrogen (secondary N) is 2. The minimum Gasteiger partial charge on any atom is -0.377 e. The van der Waals surface area contributed by atoms with Crippen molar-refractivity contribution in [2.45, 2.75) is 38.3 Å². The van der Waals surface area contributed by atoms with E-state index in [-0.39, 0.29) is 0 Å². The van der Waals surface area contributed by atoms with Crippen LogP contribution in [0.5, 0.6) is 0 Å². The summed E-state index contributed by atoms with van der Waals surface area (Å²) in [6, 6.07) is 11.6. The van der Waals surface area contributed by atoms with Crippen molar-refractivity contribution in [1.29, 1.82) is 0 Å². The molecule has 0 amide bonds. The minimum atomic E-state index is 0.420. The van der Waals surface area contributed by atoms with Gasteiger partial charge in [0.1, 0.15) is 0 Å². The van der Waals surface area contributed by atoms with Crippen LogP contribution in [0.15, 0.2) is 47.0 Å². The number of para-hydroxylation sites is 1. The number of rotatable bonds is 5. The smallest absolute Gasteiger partial charge is 0.191 e. The van der Waals surface area contributed by atoms with Gasteiger partial charge in [-0.15, -0.1) is 0 Å². The zero-order valence-corrected chi connectivity index (χ0v) is 15.4. The molecule has 1 aromatic carbocycles. The first kappa shape index (κ1) is 17.8. The maximum atomic E-state index is 5.36. The van der Waals surface area contributed by atoms with E-state index in [2.05, 4.69) is 63.9 Å². The highest BCUT2D eigenvalue weighted by molar-refractivity contribution is 5.80. The van der Waals surface area contributed by atoms with Crippen LogP contribution in [0.4, 0.5) is 5.69 Å². The van der Waals surface area contributed by atoms with Crippen LogP contribution in [0, 0.1) is 0 Å². The zero-order chi connectivity index (χ0) is 17.5. The van der Waals surface area contributed by atoms with E-state index in [1.165, 1.54) is 11.3 Å². The average molecular weight is 342 g/mol. The second-order valence-electron chi connectivity index (χ2n) is 6.85. The maximum absolute atomic E-state index is 5.36. The molecule has 2 aliphatic heterocycles. The van der Waals surface area contributed by atoms with E-state index in [4.69, 9.17) is 4.74 Å². The molecule has 1 aromatic rings. The summed E-state index contributed by atoms with van der Waals surface area (Å²) in [7, 11) is 1.84. The van der Waals surface area contributed by atoms with Gasteiger partial charge in [0.15, 0.2) is 5.96 Å². The Labute approximate surface area is 151 Å². The quantitative estimate of drug-likeness (QED) is 0.490. The van der Waals surface area contributed by atoms with Crippen molar-refractivity contribution in [3.05, 3.63) is 42.0 Å². The van der Waals surface area contributed by atoms with Crippen molar-refractivity contribution in [2.75, 3.05) is 38.3 Å². The Morgan fingerprint density at radius 2 is 2.16 bits per heavy atom. The molecule has 2 heterocycles. The predicted octanol–water partition coefficient (Wildman–Crippen LogP) is 2.56. The molecule has 0 aliphatic carbocycles. The Morgan fingerprint density at radius 3 is 2.88 bits per heavy atom. The third kappa shape index (κ3) is 4.98. The summed E-state index contributed by atoms with van der Waals surface area (Å²) in [5.41, 5.74) is 2.78. The second kappa shape index (κ2) is 8.90. The van der Waals surface area contributed by atoms with Crippen LogP contribution >= 0.6 is 0 Å². The molecule has 0 aromatic heterocycles. The van der Waals surface area contributed by atoms with Crippen LogP contribution < -0.4 is 15.5 Å². The van der Waals surface area contributed by atoms with Gasteiger partial charge in [0.2, 0.25) is 0 Å². The Hall–Kier alpha value is -2.01. The van der Waals surface area contributed by atoms with Crippen LogP contribution in [0.1, 0.15) is 26.2 Å². The van der Waals surface area contributed by atoms with E-state index in [9.17, 15) is 0 Å². The minimum absolute atomic E-state index is 0.420. The number of anilines is 1. The molecule has 0 spiro atoms. The molecular formula is C20H30N4O. The highest BCUT2D eigenvalue weighted by Crippen LogP contribution is 2.25. The number of hydrogen-bond donors (Lipinski definition) is 2. The molecular weight excluding hydrogens is 312 g/mol. The van der Waals surface area contributed by atoms with Gasteiger partial charge in [-0.1, -0.05) is 29.8 Å². The molecule has 0 bridgehead atoms. The van der Waals surface area contributed by atoms with E-state index in [0.29, 0.717) is 12.1 Å². The van der Waals surface area contributed by atoms with Crippen LogP contribution in [0.25, 0.3) is 0 Å². The average Bonchev–Trinajstić information content (AvgIpc) is 3.02. The molecule has 2 atom stereocenters. The van der Waals surface area contributed by atoms with E-state index in [0.717, 1.165) is 51.5 Å². The van der Waals surface area contributed by atoms with Crippen LogP contribution in [-0.4, -0.2) is 51.4 Å². The molecule has 3 rings (SSSR count). The van der Waals surface area contributed by atoms with Gasteiger partial charge in [0, 0.05) is 37.9 Å². The lowest BCUT2D eigenvalue weighted by molar-refractivity contribution is 0.153. The first-order valence-electron chi connectivity index (χ1n) is 9.31. The van der Waals surface area contributed by atoms with Gasteiger partial charge in [-0.3, -0.25) is 4.99 Å². The highest BCUT2D eigenvalue weighted by atomic mass is 16.5. The Bertz CT molecular complexity index is 599. The second-order valence-corrected chi connectivity index (χ2v) is 6.85. The summed E-state index contributed by atoms with van der Waals surface area (Å²) >= 11 is 0. The van der Waals surface area contributed by atoms with E-state index in [1.807, 2.05) is 7.05 Å². The van der Waals surface area contributed by atoms with Gasteiger partial charge in [-0.2, -0.15) is 0 Å². The standard InChI is InChI=1S/C20H30N4O/c1-16-14-18(15-24(16)19-6-4-3-5-7-19)23-20(21-2)22-11-8-17-9-12-25-13-10-17/h3-7,9,16,18H,8,10-15H2,1-2H3,(H2,21,22,23)/t16-,18-/m1/s1. The lowest BCUT2D eigenvalue weighted by Crippen LogP contribution is -2.45. The molecule has 0 unspecified atom stereocenters. The van der Waals surface area contributed by atoms with Gasteiger partial charge in [0.05, 0.1) is 13.2 Å². The normalized spacial score (nSPS) is 24.2. The maximum Gasteiger partial charge on any atom is 0.191 e. The molecule has 2 N–H and O–H groups in total. The van der Waals surface area contributed by atoms with Gasteiger partial charge in [-0.05, 0) is 38.3 Å². The Balaban J connectivity index is 1.46. The van der Waals surface area contributed by atoms with Crippen molar-refractivity contribution >= 4 is 11.6 Å². The topological polar surface area (TPSA) is 48.9 Å². The molecule has 5 heteroatoms. The Kier molecular flexibility index (Phi) is 6.34. The predicted molar refractivity (Wildman–Crippen MR) is 104 cm³/mol. The molecule has 2 aliphatic rings. The fraction of sp³-hybridized carbons (Fsp3) is 0.550. The molecule has 1 fully saturated rings. The fourth-order valence-corrected chi connectivity index (χ4v) is 3.64. The monoisotopic (exact) mass is 342 g/mol. The number of ether oxygens (including phenoxy) is 1. The van der Waals surface area contributed by atoms with Gasteiger partial charge < -0.3 is 20.3 Å². The zero-order valence-electron chi connectivity index (χ0n) is 15.4. The van der Waals surface area contributed by atoms with Gasteiger partial charge in [-0.25, -0.2) is 0 Å². The summed E-state index contributed by atoms with van der Waals surface area (Å²) in [4.78, 5) is 6.86. The van der Waals surface area contributed by atoms with E-state index < -0.39 is 0 Å². The Morgan fingerprint density at radius 1 is 1.32 bits per heavy atom. The van der Waals surface area contributed by atoms with Crippen LogP contribution in [0.3, 0.4) is 0 Å². The van der Waals surface area contributed by atoms with E-state index in [1.54, 1.807) is 0 Å². The molecule has 0 radical (unpaired) electrons. The van der Waals surface area contributed by atoms with E-state index >= 15 is 0 Å². The SMILES string of the molecule is CN=C(NCCC1=CCOCC1)N[C@@H]1C[C@@H](C)N(c2ccccc2)C1. The number of hydrogen-bond acceptors (Lipinski definition) is 3. The largest absolute Gasteiger partial charge is 0.377 e. The molecule has 25 heavy (non-hydrogen) atoms. The number of aliphatic imine (C=N–C) groups is 1. The first-order valence-corrected chi connectivity index (χ1v) is 9.31. The highest BCUT2D eigenvalue weighted by Gasteiger charge is 2.29. The molecule has 0 saturated carbocycles. The number of benzene rings is 1. The summed E-state index contributed by atoms with van der Waals surface area (Å²) in [5, 5.41) is 7.04. The summed E-state index contributed by atoms with van der Waals surface area (Å²) in [6.45, 7) is 5.83. The third-order valence-corrected chi connectivity index (χ3v) is 5.02. The summed E-state index contributed by atoms with van der Waals surface area (Å²) < 4.78 is 5.36. The number of nitrogens with zero attached hydrogens (tertiary/aromatic N) is 2. The van der Waals surface area contributed by atoms with Gasteiger partial charge in [0.25, 0.3) is 0 Å². The van der Waals surface area contributed by atoms with Crippen LogP contribution in [-0.2, 0) is 4.74 Å². The van der Waals surface area contributed by atoms with Crippen molar-refractivity contribution in [1.82, 2.24) is 10.6 Å². The van der Waals surface area contributed by atoms with Crippen molar-refractivity contribution in [3.63, 3.8) is 0 Å². The molecule has 5 nitrogen and oxygen atoms in total. The van der Waals surface area contributed by atoms with Crippen LogP contribution in [0.2, 0.25) is 0 Å². The van der Waals surface area contributed by atoms with Crippen molar-refractivity contribution in [3.8, 4) is 0 Å². The fourth-order valence-electron chi connectivity index (χ4n) is 3.64. The lowest BCUT2D eigenvalue weighted by Gasteiger charge is -2.23.